The summed E-state index contributed by atoms with van der Waals surface area (Å²) in [4.78, 5) is 3.75. The van der Waals surface area contributed by atoms with Crippen LogP contribution in [0.15, 0.2) is 24.4 Å². The second-order valence-electron chi connectivity index (χ2n) is 4.13. The summed E-state index contributed by atoms with van der Waals surface area (Å²) < 4.78 is 38.0. The van der Waals surface area contributed by atoms with Gasteiger partial charge in [-0.2, -0.15) is 13.2 Å². The number of aromatic nitrogens is 1. The van der Waals surface area contributed by atoms with E-state index in [0.29, 0.717) is 6.20 Å². The maximum Gasteiger partial charge on any atom is 0.417 e. The number of hydrogen-bond acceptors (Lipinski definition) is 2. The van der Waals surface area contributed by atoms with Gasteiger partial charge in [0, 0.05) is 22.3 Å². The first-order valence-corrected chi connectivity index (χ1v) is 6.69. The van der Waals surface area contributed by atoms with Crippen LogP contribution in [0.3, 0.4) is 0 Å². The second-order valence-corrected chi connectivity index (χ2v) is 5.38. The van der Waals surface area contributed by atoms with Crippen LogP contribution in [0.25, 0.3) is 11.3 Å². The lowest BCUT2D eigenvalue weighted by atomic mass is 10.0. The highest BCUT2D eigenvalue weighted by Gasteiger charge is 2.32. The van der Waals surface area contributed by atoms with Gasteiger partial charge >= 0.3 is 6.18 Å². The fourth-order valence-corrected chi connectivity index (χ4v) is 2.78. The molecule has 8 heteroatoms. The van der Waals surface area contributed by atoms with Crippen LogP contribution in [0.5, 0.6) is 0 Å². The number of rotatable bonds is 2. The Morgan fingerprint density at radius 3 is 2.10 bits per heavy atom. The summed E-state index contributed by atoms with van der Waals surface area (Å²) >= 11 is 17.8. The highest BCUT2D eigenvalue weighted by Crippen LogP contribution is 2.39. The molecule has 2 nitrogen and oxygen atoms in total. The molecule has 21 heavy (non-hydrogen) atoms. The van der Waals surface area contributed by atoms with E-state index in [2.05, 4.69) is 4.98 Å². The lowest BCUT2D eigenvalue weighted by molar-refractivity contribution is -0.137. The molecule has 0 saturated heterocycles. The molecule has 0 radical (unpaired) electrons. The first-order chi connectivity index (χ1) is 9.74. The van der Waals surface area contributed by atoms with Crippen molar-refractivity contribution in [3.63, 3.8) is 0 Å². The van der Waals surface area contributed by atoms with E-state index in [4.69, 9.17) is 34.8 Å². The Morgan fingerprint density at radius 1 is 1.05 bits per heavy atom. The molecule has 0 atom stereocenters. The topological polar surface area (TPSA) is 33.1 Å². The van der Waals surface area contributed by atoms with Crippen molar-refractivity contribution in [2.24, 2.45) is 0 Å². The molecule has 0 aliphatic heterocycles. The van der Waals surface area contributed by atoms with Gasteiger partial charge in [-0.15, -0.1) is 0 Å². The number of benzene rings is 1. The largest absolute Gasteiger partial charge is 0.417 e. The molecule has 1 N–H and O–H groups in total. The van der Waals surface area contributed by atoms with Gasteiger partial charge in [-0.3, -0.25) is 4.98 Å². The molecule has 0 fully saturated rings. The van der Waals surface area contributed by atoms with Crippen LogP contribution >= 0.6 is 34.8 Å². The van der Waals surface area contributed by atoms with Crippen molar-refractivity contribution in [1.82, 2.24) is 4.98 Å². The van der Waals surface area contributed by atoms with Crippen molar-refractivity contribution in [3.05, 3.63) is 50.6 Å². The number of aliphatic hydroxyl groups is 1. The van der Waals surface area contributed by atoms with E-state index in [1.807, 2.05) is 0 Å². The predicted octanol–water partition coefficient (Wildman–Crippen LogP) is 5.22. The molecule has 0 unspecified atom stereocenters. The normalized spacial score (nSPS) is 11.8. The van der Waals surface area contributed by atoms with E-state index in [1.54, 1.807) is 0 Å². The van der Waals surface area contributed by atoms with Gasteiger partial charge in [0.25, 0.3) is 0 Å². The van der Waals surface area contributed by atoms with E-state index >= 15 is 0 Å². The summed E-state index contributed by atoms with van der Waals surface area (Å²) in [6.07, 6.45) is -3.89. The Hall–Kier alpha value is -1.01. The molecular weight excluding hydrogens is 350 g/mol. The zero-order valence-corrected chi connectivity index (χ0v) is 12.4. The van der Waals surface area contributed by atoms with Gasteiger partial charge in [0.05, 0.1) is 27.9 Å². The molecule has 0 bridgehead atoms. The molecular formula is C13H7Cl3F3NO. The number of alkyl halides is 3. The molecule has 1 aromatic heterocycles. The number of nitrogens with zero attached hydrogens (tertiary/aromatic N) is 1. The summed E-state index contributed by atoms with van der Waals surface area (Å²) in [7, 11) is 0. The van der Waals surface area contributed by atoms with E-state index < -0.39 is 18.3 Å². The third kappa shape index (κ3) is 3.43. The van der Waals surface area contributed by atoms with Crippen LogP contribution < -0.4 is 0 Å². The Labute approximate surface area is 133 Å². The Kier molecular flexibility index (Phi) is 4.68. The highest BCUT2D eigenvalue weighted by atomic mass is 35.5. The number of halogens is 6. The predicted molar refractivity (Wildman–Crippen MR) is 75.6 cm³/mol. The molecule has 0 aliphatic carbocycles. The summed E-state index contributed by atoms with van der Waals surface area (Å²) in [5.41, 5.74) is -0.690. The van der Waals surface area contributed by atoms with Crippen molar-refractivity contribution in [2.45, 2.75) is 12.8 Å². The smallest absolute Gasteiger partial charge is 0.392 e. The molecule has 2 rings (SSSR count). The Balaban J connectivity index is 2.65. The third-order valence-electron chi connectivity index (χ3n) is 2.71. The van der Waals surface area contributed by atoms with Crippen molar-refractivity contribution < 1.29 is 18.3 Å². The summed E-state index contributed by atoms with van der Waals surface area (Å²) in [6.45, 7) is -0.637. The summed E-state index contributed by atoms with van der Waals surface area (Å²) in [5.74, 6) is 0. The van der Waals surface area contributed by atoms with Gasteiger partial charge < -0.3 is 5.11 Å². The van der Waals surface area contributed by atoms with Crippen LogP contribution in [0, 0.1) is 0 Å². The van der Waals surface area contributed by atoms with Crippen LogP contribution in [-0.4, -0.2) is 10.1 Å². The molecule has 2 aromatic rings. The minimum absolute atomic E-state index is 0.0315. The van der Waals surface area contributed by atoms with E-state index in [0.717, 1.165) is 6.07 Å². The van der Waals surface area contributed by atoms with Crippen LogP contribution in [-0.2, 0) is 12.8 Å². The minimum Gasteiger partial charge on any atom is -0.392 e. The zero-order valence-electron chi connectivity index (χ0n) is 10.2. The molecule has 1 aromatic carbocycles. The maximum atomic E-state index is 12.7. The molecule has 0 amide bonds. The Morgan fingerprint density at radius 2 is 1.62 bits per heavy atom. The average molecular weight is 357 g/mol. The Bertz CT molecular complexity index is 666. The van der Waals surface area contributed by atoms with Crippen molar-refractivity contribution in [3.8, 4) is 11.3 Å². The van der Waals surface area contributed by atoms with Crippen LogP contribution in [0.1, 0.15) is 11.1 Å². The number of pyridine rings is 1. The van der Waals surface area contributed by atoms with E-state index in [9.17, 15) is 18.3 Å². The molecule has 0 aliphatic rings. The van der Waals surface area contributed by atoms with Gasteiger partial charge in [-0.25, -0.2) is 0 Å². The first kappa shape index (κ1) is 16.4. The van der Waals surface area contributed by atoms with Crippen molar-refractivity contribution in [1.29, 1.82) is 0 Å². The van der Waals surface area contributed by atoms with Crippen molar-refractivity contribution >= 4 is 34.8 Å². The van der Waals surface area contributed by atoms with Gasteiger partial charge in [-0.05, 0) is 18.2 Å². The lowest BCUT2D eigenvalue weighted by Crippen LogP contribution is -2.08. The van der Waals surface area contributed by atoms with Gasteiger partial charge in [-0.1, -0.05) is 34.8 Å². The lowest BCUT2D eigenvalue weighted by Gasteiger charge is -2.13. The van der Waals surface area contributed by atoms with Crippen LogP contribution in [0.2, 0.25) is 15.1 Å². The van der Waals surface area contributed by atoms with E-state index in [-0.39, 0.29) is 31.9 Å². The fraction of sp³-hybridized carbons (Fsp3) is 0.154. The average Bonchev–Trinajstić information content (AvgIpc) is 2.36. The fourth-order valence-electron chi connectivity index (χ4n) is 1.78. The molecule has 1 heterocycles. The zero-order chi connectivity index (χ0) is 15.8. The van der Waals surface area contributed by atoms with Crippen molar-refractivity contribution in [2.75, 3.05) is 0 Å². The highest BCUT2D eigenvalue weighted by molar-refractivity contribution is 6.41. The SMILES string of the molecule is OCc1cc(C(F)(F)F)cnc1-c1c(Cl)cc(Cl)cc1Cl. The summed E-state index contributed by atoms with van der Waals surface area (Å²) in [6, 6.07) is 3.60. The molecule has 0 saturated carbocycles. The maximum absolute atomic E-state index is 12.7. The number of hydrogen-bond donors (Lipinski definition) is 1. The summed E-state index contributed by atoms with van der Waals surface area (Å²) in [5, 5.41) is 9.84. The second kappa shape index (κ2) is 6.01. The van der Waals surface area contributed by atoms with Crippen LogP contribution in [0.4, 0.5) is 13.2 Å². The number of aliphatic hydroxyl groups excluding tert-OH is 1. The quantitative estimate of drug-likeness (QED) is 0.800. The molecule has 0 spiro atoms. The molecule has 112 valence electrons. The van der Waals surface area contributed by atoms with E-state index in [1.165, 1.54) is 12.1 Å². The first-order valence-electron chi connectivity index (χ1n) is 5.56. The monoisotopic (exact) mass is 355 g/mol. The van der Waals surface area contributed by atoms with Gasteiger partial charge in [0.1, 0.15) is 0 Å². The van der Waals surface area contributed by atoms with Gasteiger partial charge in [0.15, 0.2) is 0 Å². The van der Waals surface area contributed by atoms with Gasteiger partial charge in [0.2, 0.25) is 0 Å². The third-order valence-corrected chi connectivity index (χ3v) is 3.52. The standard InChI is InChI=1S/C13H7Cl3F3NO/c14-8-2-9(15)11(10(16)3-8)12-6(5-21)1-7(4-20-12)13(17,18)19/h1-4,21H,5H2. The minimum atomic E-state index is -4.55.